The molecule has 0 aliphatic heterocycles. The van der Waals surface area contributed by atoms with Crippen LogP contribution in [0.1, 0.15) is 0 Å². The molecular formula is C23H15ClN4O2S2. The van der Waals surface area contributed by atoms with Gasteiger partial charge in [0.2, 0.25) is 0 Å². The van der Waals surface area contributed by atoms with Crippen molar-refractivity contribution in [2.45, 2.75) is 4.90 Å². The summed E-state index contributed by atoms with van der Waals surface area (Å²) in [6.07, 6.45) is 5.16. The molecule has 0 aliphatic carbocycles. The number of thiophene rings is 1. The van der Waals surface area contributed by atoms with Crippen molar-refractivity contribution < 1.29 is 8.42 Å². The van der Waals surface area contributed by atoms with Gasteiger partial charge in [0.25, 0.3) is 10.0 Å². The van der Waals surface area contributed by atoms with E-state index in [1.807, 2.05) is 29.6 Å². The molecule has 0 aliphatic rings. The van der Waals surface area contributed by atoms with Gasteiger partial charge in [-0.15, -0.1) is 11.3 Å². The maximum atomic E-state index is 12.8. The summed E-state index contributed by atoms with van der Waals surface area (Å²) in [5, 5.41) is 2.97. The lowest BCUT2D eigenvalue weighted by Gasteiger charge is -2.11. The summed E-state index contributed by atoms with van der Waals surface area (Å²) in [4.78, 5) is 14.2. The van der Waals surface area contributed by atoms with Crippen molar-refractivity contribution in [1.82, 2.24) is 15.0 Å². The van der Waals surface area contributed by atoms with Crippen LogP contribution in [0.2, 0.25) is 5.15 Å². The number of pyridine rings is 3. The molecule has 0 saturated carbocycles. The molecule has 4 heterocycles. The molecule has 158 valence electrons. The topological polar surface area (TPSA) is 84.8 Å². The Kier molecular flexibility index (Phi) is 5.34. The summed E-state index contributed by atoms with van der Waals surface area (Å²) < 4.78 is 28.1. The van der Waals surface area contributed by atoms with Gasteiger partial charge in [-0.25, -0.2) is 18.4 Å². The van der Waals surface area contributed by atoms with Crippen molar-refractivity contribution in [2.75, 3.05) is 4.72 Å². The Hall–Kier alpha value is -3.33. The summed E-state index contributed by atoms with van der Waals surface area (Å²) in [5.74, 6) is 0. The van der Waals surface area contributed by atoms with Gasteiger partial charge in [-0.3, -0.25) is 9.71 Å². The first-order valence-electron chi connectivity index (χ1n) is 9.54. The molecule has 0 radical (unpaired) electrons. The standard InChI is InChI=1S/C23H15ClN4O2S2/c24-22-21(28-32(29,30)17-6-2-1-3-7-17)11-15(12-26-22)19-14-31-23-18(19)10-16(13-27-23)20-8-4-5-9-25-20/h1-14,28H. The first kappa shape index (κ1) is 20.6. The van der Waals surface area contributed by atoms with E-state index in [0.29, 0.717) is 0 Å². The number of fused-ring (bicyclic) bond motifs is 1. The molecule has 0 unspecified atom stereocenters. The summed E-state index contributed by atoms with van der Waals surface area (Å²) in [6, 6.07) is 17.5. The first-order chi connectivity index (χ1) is 15.5. The van der Waals surface area contributed by atoms with E-state index in [1.54, 1.807) is 42.9 Å². The highest BCUT2D eigenvalue weighted by atomic mass is 35.5. The number of hydrogen-bond acceptors (Lipinski definition) is 6. The van der Waals surface area contributed by atoms with Gasteiger partial charge >= 0.3 is 0 Å². The SMILES string of the molecule is O=S(=O)(Nc1cc(-c2csc3ncc(-c4ccccn4)cc23)cnc1Cl)c1ccccc1. The first-order valence-corrected chi connectivity index (χ1v) is 12.3. The molecule has 6 nitrogen and oxygen atoms in total. The molecule has 0 atom stereocenters. The predicted molar refractivity (Wildman–Crippen MR) is 128 cm³/mol. The maximum Gasteiger partial charge on any atom is 0.261 e. The summed E-state index contributed by atoms with van der Waals surface area (Å²) in [7, 11) is -3.80. The minimum Gasteiger partial charge on any atom is -0.276 e. The smallest absolute Gasteiger partial charge is 0.261 e. The lowest BCUT2D eigenvalue weighted by Crippen LogP contribution is -2.13. The number of aromatic nitrogens is 3. The largest absolute Gasteiger partial charge is 0.276 e. The van der Waals surface area contributed by atoms with Gasteiger partial charge in [-0.1, -0.05) is 35.9 Å². The van der Waals surface area contributed by atoms with E-state index < -0.39 is 10.0 Å². The fraction of sp³-hybridized carbons (Fsp3) is 0. The molecule has 0 fully saturated rings. The van der Waals surface area contributed by atoms with Crippen molar-refractivity contribution >= 4 is 48.9 Å². The van der Waals surface area contributed by atoms with Crippen LogP contribution in [0.15, 0.2) is 89.5 Å². The van der Waals surface area contributed by atoms with Crippen molar-refractivity contribution in [3.05, 3.63) is 89.8 Å². The van der Waals surface area contributed by atoms with E-state index in [1.165, 1.54) is 23.5 Å². The predicted octanol–water partition coefficient (Wildman–Crippen LogP) is 5.87. The molecule has 0 saturated heterocycles. The summed E-state index contributed by atoms with van der Waals surface area (Å²) in [5.41, 5.74) is 3.54. The Balaban J connectivity index is 1.56. The van der Waals surface area contributed by atoms with Crippen molar-refractivity contribution in [1.29, 1.82) is 0 Å². The van der Waals surface area contributed by atoms with Crippen LogP contribution in [0.25, 0.3) is 32.6 Å². The molecule has 5 aromatic rings. The van der Waals surface area contributed by atoms with E-state index in [0.717, 1.165) is 32.6 Å². The Labute approximate surface area is 193 Å². The Bertz CT molecular complexity index is 1520. The zero-order chi connectivity index (χ0) is 22.1. The van der Waals surface area contributed by atoms with Gasteiger partial charge in [-0.05, 0) is 36.4 Å². The van der Waals surface area contributed by atoms with Crippen LogP contribution in [-0.4, -0.2) is 23.4 Å². The third-order valence-corrected chi connectivity index (χ3v) is 7.42. The molecule has 1 aromatic carbocycles. The average molecular weight is 479 g/mol. The van der Waals surface area contributed by atoms with Crippen molar-refractivity contribution in [2.24, 2.45) is 0 Å². The summed E-state index contributed by atoms with van der Waals surface area (Å²) >= 11 is 7.72. The highest BCUT2D eigenvalue weighted by molar-refractivity contribution is 7.92. The molecule has 32 heavy (non-hydrogen) atoms. The normalized spacial score (nSPS) is 11.5. The van der Waals surface area contributed by atoms with Gasteiger partial charge in [-0.2, -0.15) is 0 Å². The second-order valence-electron chi connectivity index (χ2n) is 6.92. The molecule has 0 bridgehead atoms. The maximum absolute atomic E-state index is 12.8. The third-order valence-electron chi connectivity index (χ3n) is 4.84. The van der Waals surface area contributed by atoms with Crippen LogP contribution in [0.3, 0.4) is 0 Å². The number of nitrogens with zero attached hydrogens (tertiary/aromatic N) is 3. The lowest BCUT2D eigenvalue weighted by molar-refractivity contribution is 0.601. The van der Waals surface area contributed by atoms with Crippen LogP contribution in [-0.2, 0) is 10.0 Å². The van der Waals surface area contributed by atoms with Gasteiger partial charge in [0, 0.05) is 46.0 Å². The second-order valence-corrected chi connectivity index (χ2v) is 9.82. The van der Waals surface area contributed by atoms with Crippen LogP contribution in [0.5, 0.6) is 0 Å². The number of rotatable bonds is 5. The van der Waals surface area contributed by atoms with Crippen molar-refractivity contribution in [3.8, 4) is 22.4 Å². The van der Waals surface area contributed by atoms with Crippen LogP contribution < -0.4 is 4.72 Å². The molecule has 0 spiro atoms. The van der Waals surface area contributed by atoms with E-state index in [4.69, 9.17) is 11.6 Å². The Morgan fingerprint density at radius 1 is 0.875 bits per heavy atom. The van der Waals surface area contributed by atoms with Crippen molar-refractivity contribution in [3.63, 3.8) is 0 Å². The van der Waals surface area contributed by atoms with E-state index >= 15 is 0 Å². The molecule has 4 aromatic heterocycles. The zero-order valence-electron chi connectivity index (χ0n) is 16.4. The van der Waals surface area contributed by atoms with Gasteiger partial charge < -0.3 is 0 Å². The fourth-order valence-electron chi connectivity index (χ4n) is 3.28. The minimum atomic E-state index is -3.80. The minimum absolute atomic E-state index is 0.0695. The number of anilines is 1. The lowest BCUT2D eigenvalue weighted by atomic mass is 10.1. The quantitative estimate of drug-likeness (QED) is 0.319. The molecular weight excluding hydrogens is 464 g/mol. The number of halogens is 1. The summed E-state index contributed by atoms with van der Waals surface area (Å²) in [6.45, 7) is 0. The number of nitrogens with one attached hydrogen (secondary N) is 1. The second kappa shape index (κ2) is 8.31. The Morgan fingerprint density at radius 3 is 2.44 bits per heavy atom. The number of benzene rings is 1. The highest BCUT2D eigenvalue weighted by Gasteiger charge is 2.18. The van der Waals surface area contributed by atoms with Crippen LogP contribution >= 0.6 is 22.9 Å². The van der Waals surface area contributed by atoms with Gasteiger partial charge in [0.05, 0.1) is 16.3 Å². The van der Waals surface area contributed by atoms with Crippen LogP contribution in [0, 0.1) is 0 Å². The molecule has 0 amide bonds. The average Bonchev–Trinajstić information content (AvgIpc) is 3.25. The van der Waals surface area contributed by atoms with E-state index in [2.05, 4.69) is 19.7 Å². The highest BCUT2D eigenvalue weighted by Crippen LogP contribution is 2.37. The number of hydrogen-bond donors (Lipinski definition) is 1. The van der Waals surface area contributed by atoms with Crippen LogP contribution in [0.4, 0.5) is 5.69 Å². The van der Waals surface area contributed by atoms with E-state index in [-0.39, 0.29) is 15.7 Å². The zero-order valence-corrected chi connectivity index (χ0v) is 18.8. The Morgan fingerprint density at radius 2 is 1.66 bits per heavy atom. The van der Waals surface area contributed by atoms with E-state index in [9.17, 15) is 8.42 Å². The van der Waals surface area contributed by atoms with Gasteiger partial charge in [0.1, 0.15) is 4.83 Å². The third kappa shape index (κ3) is 3.95. The number of sulfonamides is 1. The fourth-order valence-corrected chi connectivity index (χ4v) is 5.47. The van der Waals surface area contributed by atoms with Gasteiger partial charge in [0.15, 0.2) is 5.15 Å². The molecule has 5 rings (SSSR count). The molecule has 1 N–H and O–H groups in total. The monoisotopic (exact) mass is 478 g/mol. The molecule has 9 heteroatoms.